The molecule has 0 bridgehead atoms. The Balaban J connectivity index is 1.77. The fourth-order valence-corrected chi connectivity index (χ4v) is 3.12. The van der Waals surface area contributed by atoms with E-state index in [1.54, 1.807) is 0 Å². The zero-order valence-corrected chi connectivity index (χ0v) is 14.1. The van der Waals surface area contributed by atoms with E-state index in [0.29, 0.717) is 32.1 Å². The molecular formula is C17H32O6. The molecule has 0 aromatic heterocycles. The third-order valence-electron chi connectivity index (χ3n) is 4.53. The van der Waals surface area contributed by atoms with Crippen LogP contribution < -0.4 is 0 Å². The number of aliphatic hydroxyl groups excluding tert-OH is 1. The molecule has 136 valence electrons. The zero-order valence-electron chi connectivity index (χ0n) is 14.1. The summed E-state index contributed by atoms with van der Waals surface area (Å²) in [6.45, 7) is 3.10. The first-order valence-corrected chi connectivity index (χ1v) is 9.01. The Hall–Kier alpha value is -0.240. The highest BCUT2D eigenvalue weighted by atomic mass is 16.7. The maximum Gasteiger partial charge on any atom is 0.157 e. The van der Waals surface area contributed by atoms with Crippen molar-refractivity contribution in [2.45, 2.75) is 76.0 Å². The predicted molar refractivity (Wildman–Crippen MR) is 85.0 cm³/mol. The van der Waals surface area contributed by atoms with Gasteiger partial charge in [-0.1, -0.05) is 0 Å². The van der Waals surface area contributed by atoms with Crippen molar-refractivity contribution in [3.63, 3.8) is 0 Å². The average Bonchev–Trinajstić information content (AvgIpc) is 2.61. The lowest BCUT2D eigenvalue weighted by Crippen LogP contribution is -2.35. The lowest BCUT2D eigenvalue weighted by atomic mass is 9.86. The van der Waals surface area contributed by atoms with Crippen LogP contribution in [-0.2, 0) is 18.9 Å². The van der Waals surface area contributed by atoms with Gasteiger partial charge in [-0.25, -0.2) is 0 Å². The standard InChI is InChI=1S/C17H32O6/c18-10-2-1-7-17(19,8-5-15-20-11-3-12-21-15)9-6-16-22-13-4-14-23-16/h15-16,18-19H,1-14H2. The van der Waals surface area contributed by atoms with Crippen molar-refractivity contribution >= 4 is 0 Å². The topological polar surface area (TPSA) is 77.4 Å². The normalized spacial score (nSPS) is 21.7. The van der Waals surface area contributed by atoms with Gasteiger partial charge in [0.2, 0.25) is 0 Å². The molecule has 0 atom stereocenters. The van der Waals surface area contributed by atoms with Crippen molar-refractivity contribution in [2.75, 3.05) is 33.0 Å². The molecule has 0 aromatic rings. The first kappa shape index (κ1) is 19.1. The molecule has 2 rings (SSSR count). The number of unbranched alkanes of at least 4 members (excludes halogenated alkanes) is 1. The molecule has 0 spiro atoms. The molecule has 0 saturated carbocycles. The summed E-state index contributed by atoms with van der Waals surface area (Å²) in [5.41, 5.74) is -0.774. The molecule has 6 nitrogen and oxygen atoms in total. The van der Waals surface area contributed by atoms with Crippen LogP contribution in [0.1, 0.15) is 57.8 Å². The molecule has 6 heteroatoms. The molecule has 2 fully saturated rings. The maximum atomic E-state index is 11.0. The van der Waals surface area contributed by atoms with Crippen molar-refractivity contribution in [2.24, 2.45) is 0 Å². The third-order valence-corrected chi connectivity index (χ3v) is 4.53. The minimum Gasteiger partial charge on any atom is -0.396 e. The third kappa shape index (κ3) is 7.45. The second-order valence-corrected chi connectivity index (χ2v) is 6.53. The Labute approximate surface area is 139 Å². The maximum absolute atomic E-state index is 11.0. The lowest BCUT2D eigenvalue weighted by molar-refractivity contribution is -0.194. The van der Waals surface area contributed by atoms with Gasteiger partial charge in [-0.15, -0.1) is 0 Å². The van der Waals surface area contributed by atoms with Crippen LogP contribution in [0.5, 0.6) is 0 Å². The molecule has 2 aliphatic heterocycles. The van der Waals surface area contributed by atoms with Gasteiger partial charge < -0.3 is 29.2 Å². The second-order valence-electron chi connectivity index (χ2n) is 6.53. The van der Waals surface area contributed by atoms with Crippen LogP contribution >= 0.6 is 0 Å². The average molecular weight is 332 g/mol. The number of hydrogen-bond donors (Lipinski definition) is 2. The fourth-order valence-electron chi connectivity index (χ4n) is 3.12. The van der Waals surface area contributed by atoms with E-state index in [1.165, 1.54) is 0 Å². The molecule has 2 N–H and O–H groups in total. The molecule has 2 heterocycles. The monoisotopic (exact) mass is 332 g/mol. The van der Waals surface area contributed by atoms with Gasteiger partial charge in [-0.3, -0.25) is 0 Å². The van der Waals surface area contributed by atoms with Crippen LogP contribution in [-0.4, -0.2) is 61.4 Å². The number of aliphatic hydroxyl groups is 2. The van der Waals surface area contributed by atoms with E-state index in [0.717, 1.165) is 52.1 Å². The van der Waals surface area contributed by atoms with Crippen LogP contribution in [0, 0.1) is 0 Å². The van der Waals surface area contributed by atoms with Gasteiger partial charge in [0.1, 0.15) is 0 Å². The summed E-state index contributed by atoms with van der Waals surface area (Å²) >= 11 is 0. The largest absolute Gasteiger partial charge is 0.396 e. The smallest absolute Gasteiger partial charge is 0.157 e. The Morgan fingerprint density at radius 2 is 1.22 bits per heavy atom. The summed E-state index contributed by atoms with van der Waals surface area (Å²) in [7, 11) is 0. The predicted octanol–water partition coefficient (Wildman–Crippen LogP) is 1.97. The van der Waals surface area contributed by atoms with Crippen LogP contribution in [0.3, 0.4) is 0 Å². The summed E-state index contributed by atoms with van der Waals surface area (Å²) in [5, 5.41) is 20.0. The first-order valence-electron chi connectivity index (χ1n) is 9.01. The Morgan fingerprint density at radius 3 is 1.65 bits per heavy atom. The van der Waals surface area contributed by atoms with Crippen LogP contribution in [0.15, 0.2) is 0 Å². The molecule has 0 aromatic carbocycles. The van der Waals surface area contributed by atoms with E-state index in [9.17, 15) is 5.11 Å². The van der Waals surface area contributed by atoms with Gasteiger partial charge in [0.05, 0.1) is 32.0 Å². The van der Waals surface area contributed by atoms with E-state index in [4.69, 9.17) is 24.1 Å². The van der Waals surface area contributed by atoms with Crippen molar-refractivity contribution < 1.29 is 29.2 Å². The van der Waals surface area contributed by atoms with E-state index in [1.807, 2.05) is 0 Å². The second kappa shape index (κ2) is 10.6. The SMILES string of the molecule is OCCCCC(O)(CCC1OCCCO1)CCC1OCCCO1. The van der Waals surface area contributed by atoms with E-state index in [2.05, 4.69) is 0 Å². The van der Waals surface area contributed by atoms with Crippen molar-refractivity contribution in [3.05, 3.63) is 0 Å². The van der Waals surface area contributed by atoms with Crippen LogP contribution in [0.25, 0.3) is 0 Å². The van der Waals surface area contributed by atoms with Gasteiger partial charge in [-0.05, 0) is 44.9 Å². The Kier molecular flexibility index (Phi) is 8.79. The highest BCUT2D eigenvalue weighted by Gasteiger charge is 2.30. The van der Waals surface area contributed by atoms with Gasteiger partial charge >= 0.3 is 0 Å². The molecule has 0 aliphatic carbocycles. The van der Waals surface area contributed by atoms with Gasteiger partial charge in [0.25, 0.3) is 0 Å². The summed E-state index contributed by atoms with van der Waals surface area (Å²) in [6.07, 6.45) is 6.34. The lowest BCUT2D eigenvalue weighted by Gasteiger charge is -2.33. The fraction of sp³-hybridized carbons (Fsp3) is 1.00. The summed E-state index contributed by atoms with van der Waals surface area (Å²) in [5.74, 6) is 0. The number of hydrogen-bond acceptors (Lipinski definition) is 6. The highest BCUT2D eigenvalue weighted by molar-refractivity contribution is 4.80. The molecule has 2 saturated heterocycles. The Morgan fingerprint density at radius 1 is 0.739 bits per heavy atom. The van der Waals surface area contributed by atoms with Gasteiger partial charge in [0, 0.05) is 19.4 Å². The minimum absolute atomic E-state index is 0.166. The molecular weight excluding hydrogens is 300 g/mol. The first-order chi connectivity index (χ1) is 11.2. The summed E-state index contributed by atoms with van der Waals surface area (Å²) in [6, 6.07) is 0. The van der Waals surface area contributed by atoms with Crippen molar-refractivity contribution in [3.8, 4) is 0 Å². The zero-order chi connectivity index (χ0) is 16.4. The minimum atomic E-state index is -0.774. The quantitative estimate of drug-likeness (QED) is 0.596. The van der Waals surface area contributed by atoms with Crippen molar-refractivity contribution in [1.29, 1.82) is 0 Å². The molecule has 0 radical (unpaired) electrons. The van der Waals surface area contributed by atoms with Crippen molar-refractivity contribution in [1.82, 2.24) is 0 Å². The molecule has 2 aliphatic rings. The molecule has 0 amide bonds. The Bertz CT molecular complexity index is 277. The van der Waals surface area contributed by atoms with E-state index in [-0.39, 0.29) is 19.2 Å². The van der Waals surface area contributed by atoms with Crippen LogP contribution in [0.4, 0.5) is 0 Å². The molecule has 23 heavy (non-hydrogen) atoms. The summed E-state index contributed by atoms with van der Waals surface area (Å²) in [4.78, 5) is 0. The number of rotatable bonds is 10. The van der Waals surface area contributed by atoms with Gasteiger partial charge in [0.15, 0.2) is 12.6 Å². The van der Waals surface area contributed by atoms with Gasteiger partial charge in [-0.2, -0.15) is 0 Å². The van der Waals surface area contributed by atoms with E-state index >= 15 is 0 Å². The van der Waals surface area contributed by atoms with E-state index < -0.39 is 5.60 Å². The molecule has 0 unspecified atom stereocenters. The highest BCUT2D eigenvalue weighted by Crippen LogP contribution is 2.29. The van der Waals surface area contributed by atoms with Crippen LogP contribution in [0.2, 0.25) is 0 Å². The summed E-state index contributed by atoms with van der Waals surface area (Å²) < 4.78 is 22.3. The number of ether oxygens (including phenoxy) is 4.